The van der Waals surface area contributed by atoms with Gasteiger partial charge in [0.1, 0.15) is 0 Å². The monoisotopic (exact) mass is 252 g/mol. The molecule has 1 aromatic rings. The van der Waals surface area contributed by atoms with E-state index in [9.17, 15) is 4.79 Å². The molecule has 0 spiro atoms. The second-order valence-electron chi connectivity index (χ2n) is 3.86. The second kappa shape index (κ2) is 8.14. The van der Waals surface area contributed by atoms with Crippen LogP contribution in [0.2, 0.25) is 0 Å². The summed E-state index contributed by atoms with van der Waals surface area (Å²) >= 11 is 1.80. The number of carbonyl (C=O) groups is 1. The summed E-state index contributed by atoms with van der Waals surface area (Å²) < 4.78 is 0. The molecule has 1 aromatic carbocycles. The normalized spacial score (nSPS) is 12.1. The van der Waals surface area contributed by atoms with Gasteiger partial charge in [0.2, 0.25) is 5.91 Å². The predicted molar refractivity (Wildman–Crippen MR) is 75.5 cm³/mol. The van der Waals surface area contributed by atoms with Gasteiger partial charge in [-0.05, 0) is 24.8 Å². The minimum absolute atomic E-state index is 0.00996. The number of thioether (sulfide) groups is 1. The fourth-order valence-electron chi connectivity index (χ4n) is 1.49. The van der Waals surface area contributed by atoms with Crippen LogP contribution in [0.5, 0.6) is 0 Å². The molecule has 94 valence electrons. The highest BCUT2D eigenvalue weighted by atomic mass is 32.2. The van der Waals surface area contributed by atoms with Crippen LogP contribution in [-0.4, -0.2) is 30.5 Å². The lowest BCUT2D eigenvalue weighted by Crippen LogP contribution is -2.37. The summed E-state index contributed by atoms with van der Waals surface area (Å²) in [5, 5.41) is 6.11. The Morgan fingerprint density at radius 3 is 2.65 bits per heavy atom. The van der Waals surface area contributed by atoms with Crippen LogP contribution in [0.1, 0.15) is 13.3 Å². The van der Waals surface area contributed by atoms with E-state index in [1.165, 1.54) is 0 Å². The predicted octanol–water partition coefficient (Wildman–Crippen LogP) is 2.36. The van der Waals surface area contributed by atoms with Crippen molar-refractivity contribution in [2.75, 3.05) is 23.9 Å². The standard InChI is InChI=1S/C13H20N2OS/c1-3-11(10-17-2)14-9-13(16)15-12-7-5-4-6-8-12/h4-8,11,14H,3,9-10H2,1-2H3,(H,15,16). The van der Waals surface area contributed by atoms with Crippen molar-refractivity contribution in [3.63, 3.8) is 0 Å². The quantitative estimate of drug-likeness (QED) is 0.782. The maximum atomic E-state index is 11.7. The van der Waals surface area contributed by atoms with E-state index in [1.54, 1.807) is 11.8 Å². The lowest BCUT2D eigenvalue weighted by atomic mass is 10.2. The molecule has 1 atom stereocenters. The van der Waals surface area contributed by atoms with E-state index < -0.39 is 0 Å². The minimum Gasteiger partial charge on any atom is -0.325 e. The van der Waals surface area contributed by atoms with Crippen molar-refractivity contribution in [2.45, 2.75) is 19.4 Å². The van der Waals surface area contributed by atoms with Gasteiger partial charge in [0.15, 0.2) is 0 Å². The van der Waals surface area contributed by atoms with Crippen molar-refractivity contribution in [2.24, 2.45) is 0 Å². The van der Waals surface area contributed by atoms with E-state index in [4.69, 9.17) is 0 Å². The van der Waals surface area contributed by atoms with Gasteiger partial charge in [0, 0.05) is 17.5 Å². The van der Waals surface area contributed by atoms with E-state index in [0.717, 1.165) is 17.9 Å². The van der Waals surface area contributed by atoms with Gasteiger partial charge in [-0.2, -0.15) is 11.8 Å². The molecule has 1 rings (SSSR count). The van der Waals surface area contributed by atoms with Gasteiger partial charge in [-0.3, -0.25) is 4.79 Å². The summed E-state index contributed by atoms with van der Waals surface area (Å²) in [4.78, 5) is 11.7. The molecular weight excluding hydrogens is 232 g/mol. The summed E-state index contributed by atoms with van der Waals surface area (Å²) in [7, 11) is 0. The highest BCUT2D eigenvalue weighted by molar-refractivity contribution is 7.98. The van der Waals surface area contributed by atoms with Crippen molar-refractivity contribution in [1.29, 1.82) is 0 Å². The van der Waals surface area contributed by atoms with E-state index >= 15 is 0 Å². The van der Waals surface area contributed by atoms with Gasteiger partial charge < -0.3 is 10.6 Å². The fourth-order valence-corrected chi connectivity index (χ4v) is 2.24. The van der Waals surface area contributed by atoms with E-state index in [2.05, 4.69) is 23.8 Å². The molecule has 1 unspecified atom stereocenters. The zero-order valence-corrected chi connectivity index (χ0v) is 11.2. The molecule has 0 saturated carbocycles. The average molecular weight is 252 g/mol. The number of carbonyl (C=O) groups excluding carboxylic acids is 1. The third-order valence-corrected chi connectivity index (χ3v) is 3.21. The number of amides is 1. The maximum absolute atomic E-state index is 11.7. The van der Waals surface area contributed by atoms with Crippen molar-refractivity contribution in [3.05, 3.63) is 30.3 Å². The molecule has 0 saturated heterocycles. The lowest BCUT2D eigenvalue weighted by Gasteiger charge is -2.15. The van der Waals surface area contributed by atoms with Crippen LogP contribution in [-0.2, 0) is 4.79 Å². The Morgan fingerprint density at radius 2 is 2.06 bits per heavy atom. The number of hydrogen-bond donors (Lipinski definition) is 2. The molecule has 0 radical (unpaired) electrons. The van der Waals surface area contributed by atoms with Gasteiger partial charge in [-0.25, -0.2) is 0 Å². The SMILES string of the molecule is CCC(CSC)NCC(=O)Nc1ccccc1. The maximum Gasteiger partial charge on any atom is 0.238 e. The van der Waals surface area contributed by atoms with E-state index in [-0.39, 0.29) is 5.91 Å². The Bertz CT molecular complexity index is 329. The van der Waals surface area contributed by atoms with Gasteiger partial charge in [0.05, 0.1) is 6.54 Å². The molecule has 2 N–H and O–H groups in total. The molecule has 1 amide bonds. The Balaban J connectivity index is 2.30. The van der Waals surface area contributed by atoms with E-state index in [1.807, 2.05) is 30.3 Å². The van der Waals surface area contributed by atoms with Crippen molar-refractivity contribution >= 4 is 23.4 Å². The number of nitrogens with one attached hydrogen (secondary N) is 2. The molecule has 0 bridgehead atoms. The van der Waals surface area contributed by atoms with Crippen LogP contribution < -0.4 is 10.6 Å². The zero-order chi connectivity index (χ0) is 12.5. The summed E-state index contributed by atoms with van der Waals surface area (Å²) in [6.07, 6.45) is 3.12. The van der Waals surface area contributed by atoms with Crippen molar-refractivity contribution in [3.8, 4) is 0 Å². The average Bonchev–Trinajstić information content (AvgIpc) is 2.35. The largest absolute Gasteiger partial charge is 0.325 e. The van der Waals surface area contributed by atoms with Crippen LogP contribution in [0.3, 0.4) is 0 Å². The second-order valence-corrected chi connectivity index (χ2v) is 4.77. The zero-order valence-electron chi connectivity index (χ0n) is 10.4. The summed E-state index contributed by atoms with van der Waals surface area (Å²) in [6, 6.07) is 9.93. The Labute approximate surface area is 107 Å². The van der Waals surface area contributed by atoms with Crippen LogP contribution in [0, 0.1) is 0 Å². The van der Waals surface area contributed by atoms with Crippen LogP contribution in [0.4, 0.5) is 5.69 Å². The van der Waals surface area contributed by atoms with Gasteiger partial charge in [-0.15, -0.1) is 0 Å². The molecule has 0 fully saturated rings. The number of anilines is 1. The Hall–Kier alpha value is -1.00. The summed E-state index contributed by atoms with van der Waals surface area (Å²) in [6.45, 7) is 2.50. The first-order valence-electron chi connectivity index (χ1n) is 5.83. The van der Waals surface area contributed by atoms with Gasteiger partial charge >= 0.3 is 0 Å². The highest BCUT2D eigenvalue weighted by Crippen LogP contribution is 2.04. The van der Waals surface area contributed by atoms with Crippen LogP contribution >= 0.6 is 11.8 Å². The molecule has 0 aromatic heterocycles. The van der Waals surface area contributed by atoms with Crippen molar-refractivity contribution < 1.29 is 4.79 Å². The molecule has 0 aliphatic carbocycles. The molecule has 3 nitrogen and oxygen atoms in total. The molecular formula is C13H20N2OS. The minimum atomic E-state index is 0.00996. The summed E-state index contributed by atoms with van der Waals surface area (Å²) in [5.41, 5.74) is 0.845. The Kier molecular flexibility index (Phi) is 6.74. The first kappa shape index (κ1) is 14.1. The molecule has 17 heavy (non-hydrogen) atoms. The summed E-state index contributed by atoms with van der Waals surface area (Å²) in [5.74, 6) is 1.05. The van der Waals surface area contributed by atoms with Gasteiger partial charge in [-0.1, -0.05) is 25.1 Å². The smallest absolute Gasteiger partial charge is 0.238 e. The lowest BCUT2D eigenvalue weighted by molar-refractivity contribution is -0.115. The van der Waals surface area contributed by atoms with Crippen LogP contribution in [0.15, 0.2) is 30.3 Å². The molecule has 4 heteroatoms. The molecule has 0 aliphatic heterocycles. The number of benzene rings is 1. The number of hydrogen-bond acceptors (Lipinski definition) is 3. The van der Waals surface area contributed by atoms with E-state index in [0.29, 0.717) is 12.6 Å². The van der Waals surface area contributed by atoms with Crippen LogP contribution in [0.25, 0.3) is 0 Å². The molecule has 0 heterocycles. The number of para-hydroxylation sites is 1. The van der Waals surface area contributed by atoms with Crippen molar-refractivity contribution in [1.82, 2.24) is 5.32 Å². The third-order valence-electron chi connectivity index (χ3n) is 2.47. The third kappa shape index (κ3) is 5.75. The first-order chi connectivity index (χ1) is 8.26. The first-order valence-corrected chi connectivity index (χ1v) is 7.22. The molecule has 0 aliphatic rings. The number of rotatable bonds is 7. The highest BCUT2D eigenvalue weighted by Gasteiger charge is 2.07. The fraction of sp³-hybridized carbons (Fsp3) is 0.462. The van der Waals surface area contributed by atoms with Gasteiger partial charge in [0.25, 0.3) is 0 Å². The topological polar surface area (TPSA) is 41.1 Å². The Morgan fingerprint density at radius 1 is 1.35 bits per heavy atom.